The zero-order valence-corrected chi connectivity index (χ0v) is 8.22. The molecule has 0 aromatic heterocycles. The van der Waals surface area contributed by atoms with E-state index < -0.39 is 23.4 Å². The van der Waals surface area contributed by atoms with Gasteiger partial charge in [0.15, 0.2) is 0 Å². The van der Waals surface area contributed by atoms with Crippen molar-refractivity contribution < 1.29 is 22.0 Å². The number of hydrogen-bond acceptors (Lipinski definition) is 0. The number of benzene rings is 1. The molecule has 1 aromatic rings. The van der Waals surface area contributed by atoms with Crippen LogP contribution in [0.25, 0.3) is 0 Å². The molecular formula is C8H4BrF5. The molecule has 0 aliphatic heterocycles. The molecule has 6 heteroatoms. The predicted octanol–water partition coefficient (Wildman–Crippen LogP) is 3.88. The summed E-state index contributed by atoms with van der Waals surface area (Å²) in [4.78, 5) is 0. The van der Waals surface area contributed by atoms with Crippen molar-refractivity contribution in [3.05, 3.63) is 34.9 Å². The van der Waals surface area contributed by atoms with Crippen LogP contribution < -0.4 is 0 Å². The van der Waals surface area contributed by atoms with Gasteiger partial charge in [-0.1, -0.05) is 15.9 Å². The molecule has 0 atom stereocenters. The molecule has 0 aliphatic carbocycles. The molecule has 0 unspecified atom stereocenters. The topological polar surface area (TPSA) is 0 Å². The van der Waals surface area contributed by atoms with Gasteiger partial charge in [-0.15, -0.1) is 0 Å². The Morgan fingerprint density at radius 1 is 1.07 bits per heavy atom. The van der Waals surface area contributed by atoms with Crippen molar-refractivity contribution in [1.82, 2.24) is 0 Å². The van der Waals surface area contributed by atoms with Crippen molar-refractivity contribution in [3.8, 4) is 0 Å². The van der Waals surface area contributed by atoms with E-state index in [1.807, 2.05) is 0 Å². The number of alkyl halides is 4. The first-order chi connectivity index (χ1) is 6.36. The van der Waals surface area contributed by atoms with Gasteiger partial charge >= 0.3 is 6.18 Å². The van der Waals surface area contributed by atoms with Gasteiger partial charge in [-0.25, -0.2) is 8.78 Å². The fourth-order valence-electron chi connectivity index (χ4n) is 0.913. The van der Waals surface area contributed by atoms with Gasteiger partial charge in [-0.05, 0) is 11.6 Å². The van der Waals surface area contributed by atoms with E-state index in [1.165, 1.54) is 0 Å². The molecule has 0 saturated heterocycles. The van der Waals surface area contributed by atoms with Crippen molar-refractivity contribution in [2.45, 2.75) is 11.5 Å². The van der Waals surface area contributed by atoms with E-state index >= 15 is 0 Å². The predicted molar refractivity (Wildman–Crippen MR) is 44.0 cm³/mol. The highest BCUT2D eigenvalue weighted by molar-refractivity contribution is 9.08. The van der Waals surface area contributed by atoms with Crippen LogP contribution in [-0.4, -0.2) is 0 Å². The van der Waals surface area contributed by atoms with Crippen LogP contribution in [0.4, 0.5) is 22.0 Å². The summed E-state index contributed by atoms with van der Waals surface area (Å²) in [5.74, 6) is -2.59. The number of rotatable bonds is 1. The Kier molecular flexibility index (Phi) is 3.14. The van der Waals surface area contributed by atoms with Crippen molar-refractivity contribution in [1.29, 1.82) is 0 Å². The molecule has 0 nitrogen and oxygen atoms in total. The van der Waals surface area contributed by atoms with Crippen LogP contribution in [0.3, 0.4) is 0 Å². The third kappa shape index (κ3) is 2.23. The van der Waals surface area contributed by atoms with Gasteiger partial charge in [0.1, 0.15) is 11.6 Å². The molecule has 1 rings (SSSR count). The van der Waals surface area contributed by atoms with Gasteiger partial charge in [0.25, 0.3) is 0 Å². The van der Waals surface area contributed by atoms with Gasteiger partial charge in [-0.2, -0.15) is 13.2 Å². The number of halogens is 6. The normalized spacial score (nSPS) is 11.9. The van der Waals surface area contributed by atoms with Crippen molar-refractivity contribution in [2.75, 3.05) is 0 Å². The lowest BCUT2D eigenvalue weighted by molar-refractivity contribution is -0.140. The van der Waals surface area contributed by atoms with Crippen LogP contribution in [0, 0.1) is 11.6 Å². The molecular weight excluding hydrogens is 271 g/mol. The molecule has 0 N–H and O–H groups in total. The van der Waals surface area contributed by atoms with Gasteiger partial charge < -0.3 is 0 Å². The Hall–Kier alpha value is -0.650. The molecule has 1 aromatic carbocycles. The highest BCUT2D eigenvalue weighted by Crippen LogP contribution is 2.33. The molecule has 0 radical (unpaired) electrons. The molecule has 0 amide bonds. The summed E-state index contributed by atoms with van der Waals surface area (Å²) in [6.07, 6.45) is -4.80. The molecule has 0 bridgehead atoms. The Morgan fingerprint density at radius 3 is 2.07 bits per heavy atom. The van der Waals surface area contributed by atoms with E-state index in [9.17, 15) is 22.0 Å². The summed E-state index contributed by atoms with van der Waals surface area (Å²) >= 11 is 2.80. The van der Waals surface area contributed by atoms with E-state index in [0.29, 0.717) is 6.07 Å². The maximum atomic E-state index is 12.8. The summed E-state index contributed by atoms with van der Waals surface area (Å²) in [5.41, 5.74) is -1.67. The Balaban J connectivity index is 3.32. The second kappa shape index (κ2) is 3.84. The summed E-state index contributed by atoms with van der Waals surface area (Å²) in [6, 6.07) is 0.693. The Labute approximate surface area is 84.9 Å². The quantitative estimate of drug-likeness (QED) is 0.539. The average molecular weight is 275 g/mol. The second-order valence-corrected chi connectivity index (χ2v) is 3.12. The maximum Gasteiger partial charge on any atom is 0.419 e. The minimum atomic E-state index is -4.80. The first kappa shape index (κ1) is 11.4. The van der Waals surface area contributed by atoms with Crippen molar-refractivity contribution in [2.24, 2.45) is 0 Å². The third-order valence-corrected chi connectivity index (χ3v) is 2.19. The first-order valence-electron chi connectivity index (χ1n) is 3.47. The molecule has 0 heterocycles. The zero-order chi connectivity index (χ0) is 10.9. The van der Waals surface area contributed by atoms with E-state index in [2.05, 4.69) is 15.9 Å². The molecule has 78 valence electrons. The van der Waals surface area contributed by atoms with Gasteiger partial charge in [-0.3, -0.25) is 0 Å². The van der Waals surface area contributed by atoms with Gasteiger partial charge in [0.2, 0.25) is 0 Å². The zero-order valence-electron chi connectivity index (χ0n) is 6.63. The van der Waals surface area contributed by atoms with E-state index in [-0.39, 0.29) is 17.0 Å². The Morgan fingerprint density at radius 2 is 1.64 bits per heavy atom. The van der Waals surface area contributed by atoms with Crippen molar-refractivity contribution in [3.63, 3.8) is 0 Å². The fraction of sp³-hybridized carbons (Fsp3) is 0.250. The monoisotopic (exact) mass is 274 g/mol. The second-order valence-electron chi connectivity index (χ2n) is 2.55. The largest absolute Gasteiger partial charge is 0.419 e. The highest BCUT2D eigenvalue weighted by atomic mass is 79.9. The summed E-state index contributed by atoms with van der Waals surface area (Å²) in [7, 11) is 0. The minimum Gasteiger partial charge on any atom is -0.207 e. The average Bonchev–Trinajstić information content (AvgIpc) is 2.02. The lowest BCUT2D eigenvalue weighted by Gasteiger charge is -2.09. The highest BCUT2D eigenvalue weighted by Gasteiger charge is 2.34. The number of hydrogen-bond donors (Lipinski definition) is 0. The lowest BCUT2D eigenvalue weighted by Crippen LogP contribution is -2.09. The van der Waals surface area contributed by atoms with Crippen LogP contribution in [0.2, 0.25) is 0 Å². The molecule has 14 heavy (non-hydrogen) atoms. The Bertz CT molecular complexity index is 344. The summed E-state index contributed by atoms with van der Waals surface area (Å²) in [5, 5.41) is -0.0950. The molecule has 0 fully saturated rings. The van der Waals surface area contributed by atoms with Gasteiger partial charge in [0.05, 0.1) is 5.56 Å². The lowest BCUT2D eigenvalue weighted by atomic mass is 10.1. The fourth-order valence-corrected chi connectivity index (χ4v) is 1.34. The van der Waals surface area contributed by atoms with Crippen molar-refractivity contribution >= 4 is 15.9 Å². The van der Waals surface area contributed by atoms with E-state index in [4.69, 9.17) is 0 Å². The van der Waals surface area contributed by atoms with Crippen LogP contribution in [0.15, 0.2) is 12.1 Å². The molecule has 0 aliphatic rings. The van der Waals surface area contributed by atoms with Crippen LogP contribution >= 0.6 is 15.9 Å². The maximum absolute atomic E-state index is 12.8. The SMILES string of the molecule is Fc1cc(F)c(C(F)(F)F)cc1CBr. The summed E-state index contributed by atoms with van der Waals surface area (Å²) in [6.45, 7) is 0. The standard InChI is InChI=1S/C8H4BrF5/c9-3-4-1-5(8(12,13)14)7(11)2-6(4)10/h1-2H,3H2. The molecule has 0 saturated carbocycles. The van der Waals surface area contributed by atoms with Gasteiger partial charge in [0, 0.05) is 11.4 Å². The third-order valence-electron chi connectivity index (χ3n) is 1.59. The van der Waals surface area contributed by atoms with Crippen LogP contribution in [0.5, 0.6) is 0 Å². The molecule has 0 spiro atoms. The smallest absolute Gasteiger partial charge is 0.207 e. The van der Waals surface area contributed by atoms with Crippen LogP contribution in [-0.2, 0) is 11.5 Å². The van der Waals surface area contributed by atoms with E-state index in [0.717, 1.165) is 0 Å². The van der Waals surface area contributed by atoms with Crippen LogP contribution in [0.1, 0.15) is 11.1 Å². The van der Waals surface area contributed by atoms with E-state index in [1.54, 1.807) is 0 Å². The summed E-state index contributed by atoms with van der Waals surface area (Å²) < 4.78 is 61.8. The minimum absolute atomic E-state index is 0.0950. The first-order valence-corrected chi connectivity index (χ1v) is 4.59.